The van der Waals surface area contributed by atoms with E-state index in [9.17, 15) is 13.2 Å². The van der Waals surface area contributed by atoms with Crippen LogP contribution in [0.4, 0.5) is 0 Å². The minimum atomic E-state index is -3.68. The third-order valence-corrected chi connectivity index (χ3v) is 6.25. The van der Waals surface area contributed by atoms with E-state index in [4.69, 9.17) is 5.14 Å². The van der Waals surface area contributed by atoms with Crippen LogP contribution in [-0.2, 0) is 40.6 Å². The lowest BCUT2D eigenvalue weighted by atomic mass is 10.1. The van der Waals surface area contributed by atoms with Crippen molar-refractivity contribution in [3.05, 3.63) is 65.4 Å². The van der Waals surface area contributed by atoms with Gasteiger partial charge in [-0.1, -0.05) is 30.3 Å². The van der Waals surface area contributed by atoms with Crippen molar-refractivity contribution in [2.45, 2.75) is 37.1 Å². The van der Waals surface area contributed by atoms with Crippen LogP contribution < -0.4 is 10.5 Å². The second kappa shape index (κ2) is 7.41. The lowest BCUT2D eigenvalue weighted by molar-refractivity contribution is -0.121. The predicted molar refractivity (Wildman–Crippen MR) is 108 cm³/mol. The first-order valence-electron chi connectivity index (χ1n) is 9.41. The van der Waals surface area contributed by atoms with E-state index in [-0.39, 0.29) is 10.8 Å². The van der Waals surface area contributed by atoms with Crippen LogP contribution >= 0.6 is 0 Å². The van der Waals surface area contributed by atoms with Gasteiger partial charge in [-0.2, -0.15) is 0 Å². The third kappa shape index (κ3) is 3.68. The number of aromatic nitrogens is 1. The summed E-state index contributed by atoms with van der Waals surface area (Å²) in [6.07, 6.45) is 3.87. The number of benzene rings is 2. The second-order valence-corrected chi connectivity index (χ2v) is 8.73. The average Bonchev–Trinajstić information content (AvgIpc) is 3.24. The van der Waals surface area contributed by atoms with Crippen molar-refractivity contribution in [3.8, 4) is 0 Å². The van der Waals surface area contributed by atoms with Crippen LogP contribution in [0.1, 0.15) is 23.2 Å². The number of nitrogens with zero attached hydrogens (tertiary/aromatic N) is 1. The molecule has 1 aliphatic rings. The van der Waals surface area contributed by atoms with Crippen LogP contribution in [0.5, 0.6) is 0 Å². The molecule has 0 saturated heterocycles. The number of fused-ring (bicyclic) bond motifs is 3. The fraction of sp³-hybridized carbons (Fsp3) is 0.286. The second-order valence-electron chi connectivity index (χ2n) is 7.17. The van der Waals surface area contributed by atoms with E-state index in [1.807, 2.05) is 12.1 Å². The van der Waals surface area contributed by atoms with Crippen molar-refractivity contribution in [3.63, 3.8) is 0 Å². The highest BCUT2D eigenvalue weighted by molar-refractivity contribution is 7.89. The molecule has 4 rings (SSSR count). The van der Waals surface area contributed by atoms with E-state index in [0.29, 0.717) is 19.5 Å². The topological polar surface area (TPSA) is 94.2 Å². The molecule has 1 aliphatic carbocycles. The Morgan fingerprint density at radius 2 is 1.82 bits per heavy atom. The molecule has 0 radical (unpaired) electrons. The zero-order valence-corrected chi connectivity index (χ0v) is 16.3. The molecule has 7 heteroatoms. The molecule has 0 aliphatic heterocycles. The van der Waals surface area contributed by atoms with Gasteiger partial charge in [0.05, 0.1) is 4.90 Å². The zero-order chi connectivity index (χ0) is 19.7. The van der Waals surface area contributed by atoms with Gasteiger partial charge in [-0.05, 0) is 55.0 Å². The summed E-state index contributed by atoms with van der Waals surface area (Å²) in [5, 5.41) is 9.33. The lowest BCUT2D eigenvalue weighted by Gasteiger charge is -2.10. The molecular formula is C21H23N3O3S. The predicted octanol–water partition coefficient (Wildman–Crippen LogP) is 2.14. The molecule has 0 atom stereocenters. The first-order valence-corrected chi connectivity index (χ1v) is 11.0. The van der Waals surface area contributed by atoms with Gasteiger partial charge in [-0.25, -0.2) is 13.6 Å². The molecular weight excluding hydrogens is 374 g/mol. The number of carbonyl (C=O) groups is 1. The molecule has 1 aromatic heterocycles. The van der Waals surface area contributed by atoms with Crippen LogP contribution in [0.15, 0.2) is 53.4 Å². The van der Waals surface area contributed by atoms with Crippen LogP contribution in [0.25, 0.3) is 10.9 Å². The van der Waals surface area contributed by atoms with Gasteiger partial charge in [-0.3, -0.25) is 4.79 Å². The Morgan fingerprint density at radius 3 is 2.57 bits per heavy atom. The first kappa shape index (κ1) is 18.7. The quantitative estimate of drug-likeness (QED) is 0.667. The largest absolute Gasteiger partial charge is 0.354 e. The van der Waals surface area contributed by atoms with Crippen LogP contribution in [-0.4, -0.2) is 25.4 Å². The smallest absolute Gasteiger partial charge is 0.239 e. The monoisotopic (exact) mass is 397 g/mol. The molecule has 0 saturated carbocycles. The molecule has 28 heavy (non-hydrogen) atoms. The lowest BCUT2D eigenvalue weighted by Crippen LogP contribution is -2.29. The number of rotatable bonds is 6. The number of amides is 1. The van der Waals surface area contributed by atoms with Gasteiger partial charge in [0.2, 0.25) is 15.9 Å². The van der Waals surface area contributed by atoms with E-state index < -0.39 is 10.0 Å². The first-order chi connectivity index (χ1) is 13.4. The summed E-state index contributed by atoms with van der Waals surface area (Å²) >= 11 is 0. The molecule has 146 valence electrons. The maximum Gasteiger partial charge on any atom is 0.239 e. The summed E-state index contributed by atoms with van der Waals surface area (Å²) in [5.74, 6) is -0.0170. The molecule has 3 aromatic rings. The minimum absolute atomic E-state index is 0.0170. The number of nitrogens with one attached hydrogen (secondary N) is 1. The Hall–Kier alpha value is -2.64. The SMILES string of the molecule is NS(=O)(=O)c1ccc(CCNC(=O)Cn2c3c(c4ccccc42)CCC3)cc1. The highest BCUT2D eigenvalue weighted by atomic mass is 32.2. The Kier molecular flexibility index (Phi) is 4.95. The van der Waals surface area contributed by atoms with Crippen molar-refractivity contribution in [1.29, 1.82) is 0 Å². The number of hydrogen-bond donors (Lipinski definition) is 2. The number of sulfonamides is 1. The number of aryl methyl sites for hydroxylation is 1. The van der Waals surface area contributed by atoms with Gasteiger partial charge < -0.3 is 9.88 Å². The number of nitrogens with two attached hydrogens (primary N) is 1. The van der Waals surface area contributed by atoms with Crippen LogP contribution in [0.2, 0.25) is 0 Å². The normalized spacial score (nSPS) is 13.6. The van der Waals surface area contributed by atoms with Gasteiger partial charge in [0.15, 0.2) is 0 Å². The fourth-order valence-electron chi connectivity index (χ4n) is 4.00. The number of para-hydroxylation sites is 1. The summed E-state index contributed by atoms with van der Waals surface area (Å²) < 4.78 is 24.7. The number of primary sulfonamides is 1. The average molecular weight is 398 g/mol. The summed E-state index contributed by atoms with van der Waals surface area (Å²) in [7, 11) is -3.68. The summed E-state index contributed by atoms with van der Waals surface area (Å²) in [5.41, 5.74) is 4.74. The summed E-state index contributed by atoms with van der Waals surface area (Å²) in [6.45, 7) is 0.815. The van der Waals surface area contributed by atoms with Crippen molar-refractivity contribution in [1.82, 2.24) is 9.88 Å². The van der Waals surface area contributed by atoms with Crippen molar-refractivity contribution < 1.29 is 13.2 Å². The van der Waals surface area contributed by atoms with Gasteiger partial charge in [0, 0.05) is 23.1 Å². The molecule has 0 bridgehead atoms. The van der Waals surface area contributed by atoms with Crippen LogP contribution in [0.3, 0.4) is 0 Å². The van der Waals surface area contributed by atoms with E-state index in [2.05, 4.69) is 22.0 Å². The third-order valence-electron chi connectivity index (χ3n) is 5.32. The van der Waals surface area contributed by atoms with Gasteiger partial charge in [-0.15, -0.1) is 0 Å². The Labute approximate surface area is 164 Å². The maximum atomic E-state index is 12.5. The van der Waals surface area contributed by atoms with Crippen molar-refractivity contribution in [2.24, 2.45) is 5.14 Å². The van der Waals surface area contributed by atoms with E-state index in [0.717, 1.165) is 30.3 Å². The van der Waals surface area contributed by atoms with Gasteiger partial charge in [0.1, 0.15) is 6.54 Å². The standard InChI is InChI=1S/C21H23N3O3S/c22-28(26,27)16-10-8-15(9-11-16)12-13-23-21(25)14-24-19-6-2-1-4-17(19)18-5-3-7-20(18)24/h1-2,4,6,8-11H,3,5,7,12-14H2,(H,23,25)(H2,22,26,27). The maximum absolute atomic E-state index is 12.5. The zero-order valence-electron chi connectivity index (χ0n) is 15.5. The Balaban J connectivity index is 1.39. The highest BCUT2D eigenvalue weighted by Crippen LogP contribution is 2.32. The van der Waals surface area contributed by atoms with Crippen LogP contribution in [0, 0.1) is 0 Å². The molecule has 2 aromatic carbocycles. The van der Waals surface area contributed by atoms with Gasteiger partial charge >= 0.3 is 0 Å². The van der Waals surface area contributed by atoms with Crippen molar-refractivity contribution in [2.75, 3.05) is 6.54 Å². The Bertz CT molecular complexity index is 1130. The molecule has 3 N–H and O–H groups in total. The van der Waals surface area contributed by atoms with E-state index in [1.165, 1.54) is 28.8 Å². The molecule has 0 fully saturated rings. The van der Waals surface area contributed by atoms with Crippen molar-refractivity contribution >= 4 is 26.8 Å². The molecule has 1 amide bonds. The minimum Gasteiger partial charge on any atom is -0.354 e. The Morgan fingerprint density at radius 1 is 1.07 bits per heavy atom. The summed E-state index contributed by atoms with van der Waals surface area (Å²) in [4.78, 5) is 12.6. The highest BCUT2D eigenvalue weighted by Gasteiger charge is 2.22. The molecule has 0 spiro atoms. The fourth-order valence-corrected chi connectivity index (χ4v) is 4.51. The molecule has 6 nitrogen and oxygen atoms in total. The van der Waals surface area contributed by atoms with E-state index in [1.54, 1.807) is 12.1 Å². The number of carbonyl (C=O) groups excluding carboxylic acids is 1. The molecule has 0 unspecified atom stereocenters. The van der Waals surface area contributed by atoms with E-state index >= 15 is 0 Å². The summed E-state index contributed by atoms with van der Waals surface area (Å²) in [6, 6.07) is 14.7. The number of hydrogen-bond acceptors (Lipinski definition) is 3. The van der Waals surface area contributed by atoms with Gasteiger partial charge in [0.25, 0.3) is 0 Å². The molecule has 1 heterocycles.